The van der Waals surface area contributed by atoms with Crippen molar-refractivity contribution in [3.05, 3.63) is 42.5 Å². The standard InChI is InChI=1S/2C5H10.2CH3.3Y/c2*1-5(2,3)4;;;;;/h2*1-2H2,3-4H3;2*1H3;;;/q2*-2;2*-1;;;. The van der Waals surface area contributed by atoms with E-state index in [1.54, 1.807) is 0 Å². The van der Waals surface area contributed by atoms with Crippen molar-refractivity contribution in [3.8, 4) is 0 Å². The van der Waals surface area contributed by atoms with Crippen molar-refractivity contribution in [2.45, 2.75) is 27.7 Å². The second kappa shape index (κ2) is 19.6. The van der Waals surface area contributed by atoms with Crippen LogP contribution in [0.1, 0.15) is 27.7 Å². The van der Waals surface area contributed by atoms with Gasteiger partial charge in [0.2, 0.25) is 0 Å². The summed E-state index contributed by atoms with van der Waals surface area (Å²) in [6, 6.07) is 0. The summed E-state index contributed by atoms with van der Waals surface area (Å²) in [6.45, 7) is 22.5. The van der Waals surface area contributed by atoms with E-state index in [0.717, 1.165) is 0 Å². The van der Waals surface area contributed by atoms with Gasteiger partial charge in [0.05, 0.1) is 0 Å². The van der Waals surface area contributed by atoms with Crippen LogP contribution in [0.2, 0.25) is 0 Å². The molecule has 0 aromatic carbocycles. The molecular formula is C12H26Y3-6. The summed E-state index contributed by atoms with van der Waals surface area (Å²) in [5.41, 5.74) is 0. The Kier molecular flexibility index (Phi) is 56.2. The van der Waals surface area contributed by atoms with E-state index in [-0.39, 0.29) is 124 Å². The minimum Gasteiger partial charge on any atom is -0.367 e. The van der Waals surface area contributed by atoms with Crippen LogP contribution in [0, 0.1) is 53.4 Å². The van der Waals surface area contributed by atoms with Crippen LogP contribution < -0.4 is 0 Å². The van der Waals surface area contributed by atoms with Crippen LogP contribution in [-0.4, -0.2) is 0 Å². The molecule has 0 aromatic heterocycles. The third-order valence-corrected chi connectivity index (χ3v) is 0. The Morgan fingerprint density at radius 2 is 0.533 bits per heavy atom. The maximum atomic E-state index is 3.66. The molecule has 0 amide bonds. The first-order chi connectivity index (χ1) is 4.00. The van der Waals surface area contributed by atoms with Crippen molar-refractivity contribution in [1.82, 2.24) is 0 Å². The molecule has 3 radical (unpaired) electrons. The van der Waals surface area contributed by atoms with Gasteiger partial charge < -0.3 is 42.5 Å². The van der Waals surface area contributed by atoms with Crippen LogP contribution in [-0.2, 0) is 98.1 Å². The normalized spacial score (nSPS) is 8.00. The molecule has 0 aromatic rings. The van der Waals surface area contributed by atoms with E-state index < -0.39 is 0 Å². The van der Waals surface area contributed by atoms with Crippen LogP contribution in [0.5, 0.6) is 0 Å². The number of rotatable bonds is 0. The largest absolute Gasteiger partial charge is 0.367 e. The molecule has 0 nitrogen and oxygen atoms in total. The molecule has 0 saturated heterocycles. The Labute approximate surface area is 176 Å². The van der Waals surface area contributed by atoms with Gasteiger partial charge in [0.25, 0.3) is 0 Å². The summed E-state index contributed by atoms with van der Waals surface area (Å²) in [7, 11) is 0. The SMILES string of the molecule is [CH2-]C([CH2-])(C)C.[CH2-]C([CH2-])(C)C.[CH3-].[CH3-].[Y].[Y].[Y]. The summed E-state index contributed by atoms with van der Waals surface area (Å²) in [4.78, 5) is 0. The molecule has 0 N–H and O–H groups in total. The predicted octanol–water partition coefficient (Wildman–Crippen LogP) is 4.25. The Hall–Kier alpha value is 3.31. The summed E-state index contributed by atoms with van der Waals surface area (Å²) in [5, 5.41) is 0. The van der Waals surface area contributed by atoms with E-state index >= 15 is 0 Å². The monoisotopic (exact) mass is 437 g/mol. The van der Waals surface area contributed by atoms with Gasteiger partial charge in [0.15, 0.2) is 0 Å². The van der Waals surface area contributed by atoms with Gasteiger partial charge in [-0.05, 0) is 0 Å². The first-order valence-electron chi connectivity index (χ1n) is 3.41. The van der Waals surface area contributed by atoms with Crippen molar-refractivity contribution in [2.75, 3.05) is 0 Å². The molecule has 0 atom stereocenters. The van der Waals surface area contributed by atoms with Crippen LogP contribution >= 0.6 is 0 Å². The molecular weight excluding hydrogens is 411 g/mol. The molecule has 0 fully saturated rings. The molecule has 0 rings (SSSR count). The number of hydrogen-bond donors (Lipinski definition) is 0. The van der Waals surface area contributed by atoms with Gasteiger partial charge in [-0.2, -0.15) is 0 Å². The zero-order valence-electron chi connectivity index (χ0n) is 11.6. The zero-order valence-corrected chi connectivity index (χ0v) is 20.1. The quantitative estimate of drug-likeness (QED) is 0.498. The van der Waals surface area contributed by atoms with E-state index in [1.807, 2.05) is 27.7 Å². The Balaban J connectivity index is -0.0000000128. The van der Waals surface area contributed by atoms with Crippen LogP contribution in [0.25, 0.3) is 0 Å². The molecule has 0 aliphatic rings. The molecule has 0 unspecified atom stereocenters. The first kappa shape index (κ1) is 42.9. The maximum absolute atomic E-state index is 3.66. The first-order valence-corrected chi connectivity index (χ1v) is 3.41. The van der Waals surface area contributed by atoms with Crippen molar-refractivity contribution < 1.29 is 98.1 Å². The Morgan fingerprint density at radius 1 is 0.533 bits per heavy atom. The molecule has 0 bridgehead atoms. The fourth-order valence-electron chi connectivity index (χ4n) is 0. The molecule has 3 heteroatoms. The molecule has 0 aliphatic carbocycles. The van der Waals surface area contributed by atoms with E-state index in [9.17, 15) is 0 Å². The molecule has 0 heterocycles. The minimum absolute atomic E-state index is 0. The zero-order chi connectivity index (χ0) is 9.00. The van der Waals surface area contributed by atoms with Crippen LogP contribution in [0.15, 0.2) is 0 Å². The molecule has 15 heavy (non-hydrogen) atoms. The third kappa shape index (κ3) is 370. The maximum Gasteiger partial charge on any atom is 0 e. The Bertz CT molecular complexity index is 53.8. The van der Waals surface area contributed by atoms with E-state index in [0.29, 0.717) is 0 Å². The molecule has 0 aliphatic heterocycles. The Morgan fingerprint density at radius 3 is 0.533 bits per heavy atom. The van der Waals surface area contributed by atoms with Crippen molar-refractivity contribution in [1.29, 1.82) is 0 Å². The molecule has 0 saturated carbocycles. The predicted molar refractivity (Wildman–Crippen MR) is 61.8 cm³/mol. The average Bonchev–Trinajstić information content (AvgIpc) is 1.12. The summed E-state index contributed by atoms with van der Waals surface area (Å²) < 4.78 is 0. The van der Waals surface area contributed by atoms with Gasteiger partial charge in [-0.25, -0.2) is 0 Å². The van der Waals surface area contributed by atoms with Crippen LogP contribution in [0.4, 0.5) is 0 Å². The second-order valence-corrected chi connectivity index (χ2v) is 4.33. The summed E-state index contributed by atoms with van der Waals surface area (Å²) >= 11 is 0. The van der Waals surface area contributed by atoms with Gasteiger partial charge in [-0.3, -0.25) is 10.8 Å². The van der Waals surface area contributed by atoms with E-state index in [4.69, 9.17) is 0 Å². The molecule has 89 valence electrons. The summed E-state index contributed by atoms with van der Waals surface area (Å²) in [6.07, 6.45) is 0. The third-order valence-electron chi connectivity index (χ3n) is 0. The fourth-order valence-corrected chi connectivity index (χ4v) is 0. The number of hydrogen-bond acceptors (Lipinski definition) is 0. The smallest absolute Gasteiger partial charge is 0 e. The van der Waals surface area contributed by atoms with Gasteiger partial charge in [-0.15, -0.1) is 27.7 Å². The van der Waals surface area contributed by atoms with Crippen molar-refractivity contribution in [2.24, 2.45) is 10.8 Å². The molecule has 0 spiro atoms. The topological polar surface area (TPSA) is 0 Å². The fraction of sp³-hybridized carbons (Fsp3) is 0.500. The average molecular weight is 437 g/mol. The van der Waals surface area contributed by atoms with Crippen molar-refractivity contribution >= 4 is 0 Å². The van der Waals surface area contributed by atoms with Gasteiger partial charge >= 0.3 is 0 Å². The van der Waals surface area contributed by atoms with Crippen LogP contribution in [0.3, 0.4) is 0 Å². The summed E-state index contributed by atoms with van der Waals surface area (Å²) in [5.74, 6) is 0. The van der Waals surface area contributed by atoms with Gasteiger partial charge in [0, 0.05) is 98.1 Å². The second-order valence-electron chi connectivity index (χ2n) is 4.33. The van der Waals surface area contributed by atoms with E-state index in [1.165, 1.54) is 0 Å². The van der Waals surface area contributed by atoms with Gasteiger partial charge in [-0.1, -0.05) is 0 Å². The minimum atomic E-state index is 0. The van der Waals surface area contributed by atoms with Crippen molar-refractivity contribution in [3.63, 3.8) is 0 Å². The van der Waals surface area contributed by atoms with E-state index in [2.05, 4.69) is 27.7 Å². The van der Waals surface area contributed by atoms with Gasteiger partial charge in [0.1, 0.15) is 0 Å².